The minimum atomic E-state index is -4.60. The molecule has 2 amide bonds. The van der Waals surface area contributed by atoms with Crippen molar-refractivity contribution in [3.05, 3.63) is 47.2 Å². The summed E-state index contributed by atoms with van der Waals surface area (Å²) >= 11 is 0. The number of hydrogen-bond acceptors (Lipinski definition) is 8. The Morgan fingerprint density at radius 2 is 1.76 bits per heavy atom. The summed E-state index contributed by atoms with van der Waals surface area (Å²) in [5.74, 6) is -0.360. The number of aromatic nitrogens is 2. The predicted molar refractivity (Wildman–Crippen MR) is 143 cm³/mol. The highest BCUT2D eigenvalue weighted by atomic mass is 19.4. The summed E-state index contributed by atoms with van der Waals surface area (Å²) in [4.78, 5) is 38.6. The second-order valence-corrected chi connectivity index (χ2v) is 10.9. The molecule has 1 aromatic heterocycles. The summed E-state index contributed by atoms with van der Waals surface area (Å²) in [6.07, 6.45) is -2.70. The number of carbonyl (C=O) groups is 2. The van der Waals surface area contributed by atoms with Crippen LogP contribution in [0, 0.1) is 0 Å². The molecule has 3 aliphatic rings. The van der Waals surface area contributed by atoms with Gasteiger partial charge in [-0.05, 0) is 36.8 Å². The number of alkyl halides is 3. The van der Waals surface area contributed by atoms with E-state index in [1.165, 1.54) is 29.0 Å². The van der Waals surface area contributed by atoms with Gasteiger partial charge in [-0.3, -0.25) is 14.5 Å². The van der Waals surface area contributed by atoms with Crippen LogP contribution in [0.5, 0.6) is 6.01 Å². The molecular weight excluding hydrogens is 541 g/mol. The zero-order chi connectivity index (χ0) is 29.1. The number of fused-ring (bicyclic) bond motifs is 1. The molecule has 222 valence electrons. The van der Waals surface area contributed by atoms with E-state index >= 15 is 0 Å². The van der Waals surface area contributed by atoms with Crippen molar-refractivity contribution in [3.63, 3.8) is 0 Å². The number of ether oxygens (including phenoxy) is 1. The molecule has 13 heteroatoms. The maximum atomic E-state index is 13.5. The molecule has 1 aromatic carbocycles. The first-order chi connectivity index (χ1) is 19.6. The quantitative estimate of drug-likeness (QED) is 0.540. The number of hydrogen-bond donors (Lipinski definition) is 2. The summed E-state index contributed by atoms with van der Waals surface area (Å²) in [7, 11) is 0. The van der Waals surface area contributed by atoms with Crippen LogP contribution in [-0.2, 0) is 17.8 Å². The lowest BCUT2D eigenvalue weighted by Crippen LogP contribution is -2.56. The second-order valence-electron chi connectivity index (χ2n) is 10.9. The fraction of sp³-hybridized carbons (Fsp3) is 0.571. The lowest BCUT2D eigenvalue weighted by atomic mass is 9.94. The minimum absolute atomic E-state index is 0.0164. The normalized spacial score (nSPS) is 22.3. The summed E-state index contributed by atoms with van der Waals surface area (Å²) in [6, 6.07) is 8.90. The Morgan fingerprint density at radius 1 is 1.05 bits per heavy atom. The lowest BCUT2D eigenvalue weighted by molar-refractivity contribution is -0.154. The van der Waals surface area contributed by atoms with Crippen molar-refractivity contribution in [2.45, 2.75) is 63.5 Å². The maximum Gasteiger partial charge on any atom is 0.422 e. The number of aliphatic hydroxyl groups excluding tert-OH is 1. The van der Waals surface area contributed by atoms with Gasteiger partial charge in [0.05, 0.1) is 6.10 Å². The molecule has 4 heterocycles. The Kier molecular flexibility index (Phi) is 8.64. The molecule has 2 atom stereocenters. The smallest absolute Gasteiger partial charge is 0.422 e. The highest BCUT2D eigenvalue weighted by molar-refractivity contribution is 5.93. The molecular formula is C28H35F3N6O4. The molecule has 0 radical (unpaired) electrons. The van der Waals surface area contributed by atoms with E-state index in [4.69, 9.17) is 4.74 Å². The Bertz CT molecular complexity index is 1250. The molecule has 41 heavy (non-hydrogen) atoms. The van der Waals surface area contributed by atoms with Crippen molar-refractivity contribution in [2.75, 3.05) is 44.6 Å². The van der Waals surface area contributed by atoms with Crippen LogP contribution in [-0.4, -0.2) is 105 Å². The van der Waals surface area contributed by atoms with Crippen molar-refractivity contribution in [1.29, 1.82) is 0 Å². The molecule has 0 aliphatic carbocycles. The number of benzene rings is 1. The Morgan fingerprint density at radius 3 is 2.44 bits per heavy atom. The van der Waals surface area contributed by atoms with Crippen LogP contribution in [0.4, 0.5) is 19.0 Å². The minimum Gasteiger partial charge on any atom is -0.454 e. The standard InChI is InChI=1S/C28H35F3N6O4/c1-18(38)35-11-7-21(8-12-35)32-25-14-22(33-27(34-25)41-17-28(29,30)31)26(40)37-13-9-23(24(39)16-37)36-10-6-19-4-2-3-5-20(19)15-36/h2-5,14,21,23-24,39H,6-13,15-17H2,1H3,(H,32,33,34)/t23-,24-/m1/s1. The number of piperidine rings is 2. The summed E-state index contributed by atoms with van der Waals surface area (Å²) in [6.45, 7) is 2.99. The summed E-state index contributed by atoms with van der Waals surface area (Å²) in [5, 5.41) is 14.2. The Labute approximate surface area is 236 Å². The van der Waals surface area contributed by atoms with Crippen LogP contribution >= 0.6 is 0 Å². The van der Waals surface area contributed by atoms with E-state index in [1.807, 2.05) is 12.1 Å². The van der Waals surface area contributed by atoms with Crippen LogP contribution < -0.4 is 10.1 Å². The van der Waals surface area contributed by atoms with Gasteiger partial charge in [-0.25, -0.2) is 0 Å². The molecule has 2 N–H and O–H groups in total. The summed E-state index contributed by atoms with van der Waals surface area (Å²) in [5.41, 5.74) is 2.44. The van der Waals surface area contributed by atoms with Crippen LogP contribution in [0.25, 0.3) is 0 Å². The highest BCUT2D eigenvalue weighted by Crippen LogP contribution is 2.27. The monoisotopic (exact) mass is 576 g/mol. The van der Waals surface area contributed by atoms with Crippen LogP contribution in [0.3, 0.4) is 0 Å². The number of nitrogens with one attached hydrogen (secondary N) is 1. The van der Waals surface area contributed by atoms with Gasteiger partial charge >= 0.3 is 12.2 Å². The third-order valence-corrected chi connectivity index (χ3v) is 8.04. The van der Waals surface area contributed by atoms with Crippen LogP contribution in [0.2, 0.25) is 0 Å². The average Bonchev–Trinajstić information content (AvgIpc) is 2.95. The first kappa shape index (κ1) is 29.1. The van der Waals surface area contributed by atoms with Gasteiger partial charge in [-0.2, -0.15) is 23.1 Å². The number of halogens is 3. The maximum absolute atomic E-state index is 13.5. The molecule has 5 rings (SSSR count). The van der Waals surface area contributed by atoms with E-state index in [9.17, 15) is 27.9 Å². The molecule has 2 saturated heterocycles. The zero-order valence-corrected chi connectivity index (χ0v) is 22.9. The second kappa shape index (κ2) is 12.2. The molecule has 2 fully saturated rings. The number of anilines is 1. The topological polar surface area (TPSA) is 111 Å². The van der Waals surface area contributed by atoms with E-state index in [0.29, 0.717) is 38.9 Å². The molecule has 0 unspecified atom stereocenters. The number of rotatable bonds is 6. The molecule has 10 nitrogen and oxygen atoms in total. The van der Waals surface area contributed by atoms with Gasteiger partial charge < -0.3 is 25.0 Å². The van der Waals surface area contributed by atoms with Gasteiger partial charge in [-0.15, -0.1) is 0 Å². The lowest BCUT2D eigenvalue weighted by Gasteiger charge is -2.43. The summed E-state index contributed by atoms with van der Waals surface area (Å²) < 4.78 is 43.3. The van der Waals surface area contributed by atoms with Crippen LogP contribution in [0.1, 0.15) is 47.8 Å². The SMILES string of the molecule is CC(=O)N1CCC(Nc2cc(C(=O)N3CC[C@@H](N4CCc5ccccc5C4)[C@H](O)C3)nc(OCC(F)(F)F)n2)CC1. The van der Waals surface area contributed by atoms with Gasteiger partial charge in [0.1, 0.15) is 11.5 Å². The fourth-order valence-electron chi connectivity index (χ4n) is 5.86. The van der Waals surface area contributed by atoms with Crippen molar-refractivity contribution in [1.82, 2.24) is 24.7 Å². The van der Waals surface area contributed by atoms with Gasteiger partial charge in [0, 0.05) is 64.3 Å². The zero-order valence-electron chi connectivity index (χ0n) is 22.9. The highest BCUT2D eigenvalue weighted by Gasteiger charge is 2.36. The van der Waals surface area contributed by atoms with Crippen molar-refractivity contribution in [3.8, 4) is 6.01 Å². The molecule has 2 aromatic rings. The number of carbonyl (C=O) groups excluding carboxylic acids is 2. The van der Waals surface area contributed by atoms with E-state index in [-0.39, 0.29) is 36.0 Å². The van der Waals surface area contributed by atoms with Crippen molar-refractivity contribution in [2.24, 2.45) is 0 Å². The molecule has 0 spiro atoms. The van der Waals surface area contributed by atoms with E-state index in [2.05, 4.69) is 32.3 Å². The third-order valence-electron chi connectivity index (χ3n) is 8.04. The molecule has 0 bridgehead atoms. The van der Waals surface area contributed by atoms with E-state index in [0.717, 1.165) is 19.5 Å². The first-order valence-electron chi connectivity index (χ1n) is 13.9. The number of nitrogens with zero attached hydrogens (tertiary/aromatic N) is 5. The first-order valence-corrected chi connectivity index (χ1v) is 13.9. The third kappa shape index (κ3) is 7.25. The van der Waals surface area contributed by atoms with E-state index < -0.39 is 30.8 Å². The van der Waals surface area contributed by atoms with Gasteiger partial charge in [0.15, 0.2) is 6.61 Å². The van der Waals surface area contributed by atoms with Crippen molar-refractivity contribution >= 4 is 17.6 Å². The number of β-amino-alcohol motifs (C(OH)–C–C–N with tert-alkyl or cyclic N) is 1. The number of aliphatic hydroxyl groups is 1. The van der Waals surface area contributed by atoms with Crippen LogP contribution in [0.15, 0.2) is 30.3 Å². The fourth-order valence-corrected chi connectivity index (χ4v) is 5.86. The number of amides is 2. The largest absolute Gasteiger partial charge is 0.454 e. The van der Waals surface area contributed by atoms with E-state index in [1.54, 1.807) is 4.90 Å². The Hall–Kier alpha value is -3.45. The van der Waals surface area contributed by atoms with Gasteiger partial charge in [0.25, 0.3) is 5.91 Å². The Balaban J connectivity index is 1.26. The number of likely N-dealkylation sites (tertiary alicyclic amines) is 2. The van der Waals surface area contributed by atoms with Gasteiger partial charge in [0.2, 0.25) is 5.91 Å². The average molecular weight is 577 g/mol. The predicted octanol–water partition coefficient (Wildman–Crippen LogP) is 2.47. The van der Waals surface area contributed by atoms with Crippen molar-refractivity contribution < 1.29 is 32.6 Å². The molecule has 0 saturated carbocycles. The molecule has 3 aliphatic heterocycles. The van der Waals surface area contributed by atoms with Gasteiger partial charge in [-0.1, -0.05) is 24.3 Å².